The molecule has 0 bridgehead atoms. The average Bonchev–Trinajstić information content (AvgIpc) is 3.51. The van der Waals surface area contributed by atoms with Crippen LogP contribution in [0.15, 0.2) is 15.4 Å². The van der Waals surface area contributed by atoms with Crippen LogP contribution < -0.4 is 27.0 Å². The Balaban J connectivity index is -0.000000174. The molecule has 1 aliphatic heterocycles. The van der Waals surface area contributed by atoms with Gasteiger partial charge < -0.3 is 20.9 Å². The Bertz CT molecular complexity index is 1280. The fraction of sp³-hybridized carbons (Fsp3) is 0.875. The first-order chi connectivity index (χ1) is 32.5. The minimum Gasteiger partial charge on any atom is -0.393 e. The maximum atomic E-state index is 11.7. The number of hydrogen-bond donors (Lipinski definition) is 5. The number of likely N-dealkylation sites (tertiary alicyclic amines) is 1. The molecule has 0 aromatic carbocycles. The lowest BCUT2D eigenvalue weighted by Crippen LogP contribution is -2.37. The summed E-state index contributed by atoms with van der Waals surface area (Å²) in [5.74, 6) is 3.95. The summed E-state index contributed by atoms with van der Waals surface area (Å²) in [5.41, 5.74) is 8.27. The summed E-state index contributed by atoms with van der Waals surface area (Å²) in [6.07, 6.45) is 8.63. The molecule has 0 aliphatic carbocycles. The van der Waals surface area contributed by atoms with Gasteiger partial charge in [-0.05, 0) is 116 Å². The first kappa shape index (κ1) is 79.0. The van der Waals surface area contributed by atoms with Gasteiger partial charge in [0.15, 0.2) is 0 Å². The average molecular weight is 1010 g/mol. The van der Waals surface area contributed by atoms with Crippen LogP contribution in [0.1, 0.15) is 213 Å². The van der Waals surface area contributed by atoms with Crippen LogP contribution in [-0.2, 0) is 28.9 Å². The lowest BCUT2D eigenvalue weighted by molar-refractivity contribution is -0.141. The third-order valence-electron chi connectivity index (χ3n) is 8.58. The van der Waals surface area contributed by atoms with Crippen LogP contribution in [0.4, 0.5) is 0 Å². The van der Waals surface area contributed by atoms with Gasteiger partial charge in [-0.25, -0.2) is 10.9 Å². The first-order valence-electron chi connectivity index (χ1n) is 27.1. The van der Waals surface area contributed by atoms with Gasteiger partial charge in [-0.15, -0.1) is 0 Å². The molecule has 1 unspecified atom stereocenters. The monoisotopic (exact) mass is 1010 g/mol. The van der Waals surface area contributed by atoms with Gasteiger partial charge in [0.25, 0.3) is 0 Å². The predicted octanol–water partition coefficient (Wildman–Crippen LogP) is 11.9. The van der Waals surface area contributed by atoms with E-state index in [4.69, 9.17) is 9.68 Å². The topological polar surface area (TPSA) is 187 Å². The zero-order valence-electron chi connectivity index (χ0n) is 51.4. The molecule has 15 heteroatoms. The van der Waals surface area contributed by atoms with Gasteiger partial charge in [-0.2, -0.15) is 10.2 Å². The highest BCUT2D eigenvalue weighted by molar-refractivity contribution is 6.03. The molecule has 0 aromatic rings. The van der Waals surface area contributed by atoms with E-state index in [0.717, 1.165) is 32.0 Å². The number of amides is 4. The molecule has 1 rings (SSSR count). The van der Waals surface area contributed by atoms with Crippen molar-refractivity contribution in [3.8, 4) is 0 Å². The second-order valence-electron chi connectivity index (χ2n) is 22.7. The Morgan fingerprint density at radius 1 is 0.592 bits per heavy atom. The van der Waals surface area contributed by atoms with Gasteiger partial charge in [-0.1, -0.05) is 144 Å². The van der Waals surface area contributed by atoms with Crippen molar-refractivity contribution < 1.29 is 28.9 Å². The van der Waals surface area contributed by atoms with Gasteiger partial charge >= 0.3 is 0 Å². The summed E-state index contributed by atoms with van der Waals surface area (Å²) < 4.78 is 0. The van der Waals surface area contributed by atoms with Gasteiger partial charge in [0, 0.05) is 74.0 Å². The molecule has 15 nitrogen and oxygen atoms in total. The van der Waals surface area contributed by atoms with Crippen molar-refractivity contribution in [2.24, 2.45) is 74.5 Å². The Labute approximate surface area is 439 Å². The Morgan fingerprint density at radius 2 is 1.06 bits per heavy atom. The van der Waals surface area contributed by atoms with Gasteiger partial charge in [0.1, 0.15) is 6.10 Å². The molecule has 4 amide bonds. The number of nitrogens with one attached hydrogen (secondary N) is 5. The van der Waals surface area contributed by atoms with Crippen molar-refractivity contribution in [2.45, 2.75) is 243 Å². The molecule has 0 spiro atoms. The SMILES string of the molecule is CC(C)/C=N/OC(C)C.CC(C)C1CC(=O)N(C(C)C)C1=O.CC(C)C=NNC(=O)C(C)C.CC(C)C=NNC(C)C.CC(C)CCNC(=O)C(C)C.CC(C)CCNC(C)C.CC(C)CNOC(C)C. The largest absolute Gasteiger partial charge is 0.393 e. The minimum absolute atomic E-state index is 0.000637. The number of oxime groups is 1. The smallest absolute Gasteiger partial charge is 0.242 e. The van der Waals surface area contributed by atoms with Crippen LogP contribution in [0.25, 0.3) is 0 Å². The van der Waals surface area contributed by atoms with Crippen LogP contribution in [0.5, 0.6) is 0 Å². The second kappa shape index (κ2) is 50.1. The molecule has 1 saturated heterocycles. The summed E-state index contributed by atoms with van der Waals surface area (Å²) >= 11 is 0. The summed E-state index contributed by atoms with van der Waals surface area (Å²) in [5, 5.41) is 17.8. The van der Waals surface area contributed by atoms with Crippen molar-refractivity contribution in [3.63, 3.8) is 0 Å². The maximum Gasteiger partial charge on any atom is 0.242 e. The molecular weight excluding hydrogens is 895 g/mol. The molecule has 1 atom stereocenters. The molecule has 1 aliphatic rings. The van der Waals surface area contributed by atoms with E-state index in [9.17, 15) is 19.2 Å². The number of nitrogens with zero attached hydrogens (tertiary/aromatic N) is 4. The lowest BCUT2D eigenvalue weighted by Gasteiger charge is -2.19. The first-order valence-corrected chi connectivity index (χ1v) is 27.1. The van der Waals surface area contributed by atoms with Crippen molar-refractivity contribution >= 4 is 42.3 Å². The summed E-state index contributed by atoms with van der Waals surface area (Å²) in [6, 6.07) is 1.09. The van der Waals surface area contributed by atoms with Crippen molar-refractivity contribution in [2.75, 3.05) is 19.6 Å². The Morgan fingerprint density at radius 3 is 1.38 bits per heavy atom. The zero-order valence-corrected chi connectivity index (χ0v) is 51.4. The van der Waals surface area contributed by atoms with Gasteiger partial charge in [0.2, 0.25) is 23.6 Å². The molecule has 71 heavy (non-hydrogen) atoms. The third-order valence-corrected chi connectivity index (χ3v) is 8.58. The number of hydroxylamine groups is 1. The normalized spacial score (nSPS) is 13.7. The van der Waals surface area contributed by atoms with Crippen molar-refractivity contribution in [1.82, 2.24) is 31.9 Å². The van der Waals surface area contributed by atoms with E-state index in [1.807, 2.05) is 103 Å². The van der Waals surface area contributed by atoms with Crippen molar-refractivity contribution in [3.05, 3.63) is 0 Å². The Hall–Kier alpha value is -3.43. The van der Waals surface area contributed by atoms with E-state index in [2.05, 4.69) is 139 Å². The summed E-state index contributed by atoms with van der Waals surface area (Å²) in [6.45, 7) is 60.0. The van der Waals surface area contributed by atoms with E-state index in [1.165, 1.54) is 11.3 Å². The number of rotatable bonds is 23. The summed E-state index contributed by atoms with van der Waals surface area (Å²) in [4.78, 5) is 56.5. The minimum atomic E-state index is -0.0881. The standard InChI is InChI=1S/C10H17NO2.C9H19NO.C8H16N2O.C8H19N.C7H16N2.C7H17NO.C7H15NO/c1-6(2)8-5-9(12)11(7(3)4)10(8)13;1-7(2)5-6-10-9(11)8(3)4;1-6(2)5-9-10-8(11)7(3)4;1-7(2)5-6-9-8(3)4;3*1-6(2)5-8-9-7(3)4/h6-8H,5H2,1-4H3;7-8H,5-6H2,1-4H3,(H,10,11);5-7H,1-4H3,(H,10,11);7-9H,5-6H2,1-4H3;5-7,9H,1-4H3;6-8H,5H2,1-4H3;5-7H,1-4H3/b;;;;;;8-5+. The molecule has 1 heterocycles. The Kier molecular flexibility index (Phi) is 55.8. The fourth-order valence-corrected chi connectivity index (χ4v) is 4.47. The van der Waals surface area contributed by atoms with Crippen LogP contribution in [-0.4, -0.2) is 97.1 Å². The molecule has 5 N–H and O–H groups in total. The highest BCUT2D eigenvalue weighted by atomic mass is 16.7. The van der Waals surface area contributed by atoms with Crippen LogP contribution >= 0.6 is 0 Å². The third kappa shape index (κ3) is 66.6. The number of carbonyl (C=O) groups is 4. The number of carbonyl (C=O) groups excluding carboxylic acids is 4. The predicted molar refractivity (Wildman–Crippen MR) is 306 cm³/mol. The fourth-order valence-electron chi connectivity index (χ4n) is 4.47. The number of hydrazone groups is 2. The molecule has 424 valence electrons. The summed E-state index contributed by atoms with van der Waals surface area (Å²) in [7, 11) is 0. The molecule has 0 saturated carbocycles. The lowest BCUT2D eigenvalue weighted by atomic mass is 9.94. The second-order valence-corrected chi connectivity index (χ2v) is 22.7. The molecule has 0 radical (unpaired) electrons. The number of hydrogen-bond acceptors (Lipinski definition) is 12. The quantitative estimate of drug-likeness (QED) is 0.0377. The zero-order chi connectivity index (χ0) is 57.0. The van der Waals surface area contributed by atoms with Crippen LogP contribution in [0.2, 0.25) is 0 Å². The van der Waals surface area contributed by atoms with Crippen LogP contribution in [0, 0.1) is 59.2 Å². The highest BCUT2D eigenvalue weighted by Crippen LogP contribution is 2.27. The van der Waals surface area contributed by atoms with E-state index >= 15 is 0 Å². The molecule has 0 aromatic heterocycles. The van der Waals surface area contributed by atoms with E-state index in [0.29, 0.717) is 48.1 Å². The highest BCUT2D eigenvalue weighted by Gasteiger charge is 2.41. The van der Waals surface area contributed by atoms with Crippen molar-refractivity contribution in [1.29, 1.82) is 0 Å². The van der Waals surface area contributed by atoms with E-state index < -0.39 is 0 Å². The molecule has 1 fully saturated rings. The van der Waals surface area contributed by atoms with E-state index in [-0.39, 0.29) is 65.6 Å². The van der Waals surface area contributed by atoms with Gasteiger partial charge in [0.05, 0.1) is 6.10 Å². The van der Waals surface area contributed by atoms with E-state index in [1.54, 1.807) is 12.4 Å². The number of imide groups is 1. The van der Waals surface area contributed by atoms with Gasteiger partial charge in [-0.3, -0.25) is 28.9 Å². The maximum absolute atomic E-state index is 11.7. The van der Waals surface area contributed by atoms with Crippen LogP contribution in [0.3, 0.4) is 0 Å². The molecular formula is C56H119N9O6.